The molecule has 4 saturated carbocycles. The molecule has 2 heterocycles. The van der Waals surface area contributed by atoms with Gasteiger partial charge in [-0.2, -0.15) is 0 Å². The van der Waals surface area contributed by atoms with Crippen LogP contribution in [0.15, 0.2) is 12.2 Å². The van der Waals surface area contributed by atoms with E-state index in [-0.39, 0.29) is 17.4 Å². The van der Waals surface area contributed by atoms with E-state index in [4.69, 9.17) is 4.74 Å². The molecule has 0 spiro atoms. The Balaban J connectivity index is 1.28. The maximum atomic E-state index is 12.8. The average molecular weight is 331 g/mol. The van der Waals surface area contributed by atoms with Crippen LogP contribution < -0.4 is 5.32 Å². The highest BCUT2D eigenvalue weighted by Crippen LogP contribution is 2.59. The van der Waals surface area contributed by atoms with Gasteiger partial charge in [-0.15, -0.1) is 0 Å². The van der Waals surface area contributed by atoms with Crippen LogP contribution in [0.2, 0.25) is 0 Å². The molecule has 6 bridgehead atoms. The average Bonchev–Trinajstić information content (AvgIpc) is 3.12. The molecule has 5 nitrogen and oxygen atoms in total. The van der Waals surface area contributed by atoms with Crippen molar-refractivity contribution in [3.63, 3.8) is 0 Å². The number of hydrogen-bond donors (Lipinski definition) is 2. The Hall–Kier alpha value is -1.36. The molecule has 0 aromatic carbocycles. The van der Waals surface area contributed by atoms with Gasteiger partial charge in [-0.25, -0.2) is 0 Å². The van der Waals surface area contributed by atoms with Gasteiger partial charge in [0.25, 0.3) is 0 Å². The predicted octanol–water partition coefficient (Wildman–Crippen LogP) is 1.97. The van der Waals surface area contributed by atoms with Crippen LogP contribution >= 0.6 is 0 Å². The smallest absolute Gasteiger partial charge is 0.310 e. The number of rotatable bonds is 4. The van der Waals surface area contributed by atoms with Gasteiger partial charge in [0.2, 0.25) is 5.91 Å². The predicted molar refractivity (Wildman–Crippen MR) is 86.0 cm³/mol. The summed E-state index contributed by atoms with van der Waals surface area (Å²) in [5.74, 6) is 0.190. The molecule has 0 unspecified atom stereocenters. The summed E-state index contributed by atoms with van der Waals surface area (Å²) in [6, 6.07) is 0. The van der Waals surface area contributed by atoms with Crippen molar-refractivity contribution < 1.29 is 19.4 Å². The van der Waals surface area contributed by atoms with Gasteiger partial charge >= 0.3 is 5.97 Å². The first-order valence-electron chi connectivity index (χ1n) is 9.37. The fraction of sp³-hybridized carbons (Fsp3) is 0.789. The van der Waals surface area contributed by atoms with Crippen LogP contribution in [0.3, 0.4) is 0 Å². The maximum absolute atomic E-state index is 12.8. The second-order valence-corrected chi connectivity index (χ2v) is 8.98. The van der Waals surface area contributed by atoms with Crippen LogP contribution in [0.4, 0.5) is 0 Å². The topological polar surface area (TPSA) is 75.6 Å². The molecule has 5 fully saturated rings. The Kier molecular flexibility index (Phi) is 3.16. The Morgan fingerprint density at radius 3 is 2.08 bits per heavy atom. The molecular weight excluding hydrogens is 306 g/mol. The molecule has 24 heavy (non-hydrogen) atoms. The number of fused-ring (bicyclic) bond motifs is 2. The molecule has 1 amide bonds. The van der Waals surface area contributed by atoms with E-state index in [2.05, 4.69) is 5.32 Å². The first kappa shape index (κ1) is 14.9. The van der Waals surface area contributed by atoms with Crippen LogP contribution in [0.5, 0.6) is 0 Å². The van der Waals surface area contributed by atoms with Gasteiger partial charge in [0.1, 0.15) is 5.92 Å². The highest BCUT2D eigenvalue weighted by molar-refractivity contribution is 5.87. The summed E-state index contributed by atoms with van der Waals surface area (Å²) < 4.78 is 5.62. The summed E-state index contributed by atoms with van der Waals surface area (Å²) in [4.78, 5) is 24.3. The fourth-order valence-corrected chi connectivity index (χ4v) is 6.81. The number of ether oxygens (including phenoxy) is 1. The summed E-state index contributed by atoms with van der Waals surface area (Å²) in [7, 11) is 0. The minimum atomic E-state index is -0.929. The molecule has 2 N–H and O–H groups in total. The molecule has 1 saturated heterocycles. The minimum Gasteiger partial charge on any atom is -0.481 e. The SMILES string of the molecule is O=C(O)[C@H]1[C@H](C(=O)NCC23CC4CC(CC(C4)C2)C3)[C@H]2C=C[C@H]1O2. The molecule has 0 radical (unpaired) electrons. The Morgan fingerprint density at radius 1 is 1.00 bits per heavy atom. The van der Waals surface area contributed by atoms with Gasteiger partial charge in [-0.05, 0) is 61.7 Å². The summed E-state index contributed by atoms with van der Waals surface area (Å²) in [5, 5.41) is 12.6. The molecule has 0 aromatic rings. The quantitative estimate of drug-likeness (QED) is 0.772. The van der Waals surface area contributed by atoms with E-state index in [1.54, 1.807) is 6.08 Å². The lowest BCUT2D eigenvalue weighted by Gasteiger charge is -2.57. The first-order valence-corrected chi connectivity index (χ1v) is 9.37. The molecule has 6 aliphatic rings. The lowest BCUT2D eigenvalue weighted by Crippen LogP contribution is -2.52. The number of nitrogens with one attached hydrogen (secondary N) is 1. The summed E-state index contributed by atoms with van der Waals surface area (Å²) in [6.07, 6.45) is 10.7. The molecule has 2 aliphatic heterocycles. The molecule has 4 aliphatic carbocycles. The zero-order valence-electron chi connectivity index (χ0n) is 13.8. The van der Waals surface area contributed by atoms with Crippen molar-refractivity contribution in [3.05, 3.63) is 12.2 Å². The molecule has 130 valence electrons. The molecule has 4 atom stereocenters. The van der Waals surface area contributed by atoms with Crippen molar-refractivity contribution in [2.75, 3.05) is 6.54 Å². The molecular formula is C19H25NO4. The van der Waals surface area contributed by atoms with E-state index in [1.165, 1.54) is 38.5 Å². The van der Waals surface area contributed by atoms with Gasteiger partial charge in [0.15, 0.2) is 0 Å². The third-order valence-electron chi connectivity index (χ3n) is 7.29. The van der Waals surface area contributed by atoms with E-state index in [0.717, 1.165) is 24.3 Å². The van der Waals surface area contributed by atoms with Crippen molar-refractivity contribution in [3.8, 4) is 0 Å². The normalized spacial score (nSPS) is 50.4. The summed E-state index contributed by atoms with van der Waals surface area (Å²) in [6.45, 7) is 0.722. The Labute approximate surface area is 141 Å². The summed E-state index contributed by atoms with van der Waals surface area (Å²) >= 11 is 0. The second kappa shape index (κ2) is 5.07. The van der Waals surface area contributed by atoms with Gasteiger partial charge in [0.05, 0.1) is 18.1 Å². The fourth-order valence-electron chi connectivity index (χ4n) is 6.81. The van der Waals surface area contributed by atoms with Gasteiger partial charge < -0.3 is 15.2 Å². The lowest BCUT2D eigenvalue weighted by molar-refractivity contribution is -0.147. The van der Waals surface area contributed by atoms with Crippen LogP contribution in [0.1, 0.15) is 38.5 Å². The number of hydrogen-bond acceptors (Lipinski definition) is 3. The zero-order chi connectivity index (χ0) is 16.5. The number of amides is 1. The number of carboxylic acids is 1. The van der Waals surface area contributed by atoms with E-state index in [0.29, 0.717) is 0 Å². The van der Waals surface area contributed by atoms with Crippen molar-refractivity contribution >= 4 is 11.9 Å². The number of carbonyl (C=O) groups is 2. The molecule has 0 aromatic heterocycles. The third kappa shape index (κ3) is 2.17. The highest BCUT2D eigenvalue weighted by atomic mass is 16.5. The van der Waals surface area contributed by atoms with Crippen molar-refractivity contribution in [1.29, 1.82) is 0 Å². The second-order valence-electron chi connectivity index (χ2n) is 8.98. The van der Waals surface area contributed by atoms with Gasteiger partial charge in [-0.3, -0.25) is 9.59 Å². The lowest BCUT2D eigenvalue weighted by atomic mass is 9.49. The third-order valence-corrected chi connectivity index (χ3v) is 7.29. The van der Waals surface area contributed by atoms with Crippen molar-refractivity contribution in [2.45, 2.75) is 50.7 Å². The van der Waals surface area contributed by atoms with E-state index in [9.17, 15) is 14.7 Å². The Morgan fingerprint density at radius 2 is 1.54 bits per heavy atom. The minimum absolute atomic E-state index is 0.130. The first-order chi connectivity index (χ1) is 11.5. The van der Waals surface area contributed by atoms with Crippen LogP contribution in [0.25, 0.3) is 0 Å². The maximum Gasteiger partial charge on any atom is 0.310 e. The van der Waals surface area contributed by atoms with Crippen molar-refractivity contribution in [1.82, 2.24) is 5.32 Å². The zero-order valence-corrected chi connectivity index (χ0v) is 13.8. The molecule has 6 rings (SSSR count). The largest absolute Gasteiger partial charge is 0.481 e. The number of carbonyl (C=O) groups excluding carboxylic acids is 1. The summed E-state index contributed by atoms with van der Waals surface area (Å²) in [5.41, 5.74) is 0.275. The number of carboxylic acid groups (broad SMARTS) is 1. The van der Waals surface area contributed by atoms with E-state index >= 15 is 0 Å². The van der Waals surface area contributed by atoms with Crippen molar-refractivity contribution in [2.24, 2.45) is 35.0 Å². The Bertz CT molecular complexity index is 577. The van der Waals surface area contributed by atoms with Crippen LogP contribution in [-0.2, 0) is 14.3 Å². The number of aliphatic carboxylic acids is 1. The van der Waals surface area contributed by atoms with Crippen LogP contribution in [0, 0.1) is 35.0 Å². The highest BCUT2D eigenvalue weighted by Gasteiger charge is 2.54. The van der Waals surface area contributed by atoms with E-state index < -0.39 is 23.9 Å². The standard InChI is InChI=1S/C19H25NO4/c21-17(15-13-1-2-14(24-13)16(15)18(22)23)20-9-19-6-10-3-11(7-19)5-12(4-10)8-19/h1-2,10-16H,3-9H2,(H,20,21)(H,22,23)/t10?,11?,12?,13-,14-,15-,16-,19?/m1/s1. The van der Waals surface area contributed by atoms with Gasteiger partial charge in [-0.1, -0.05) is 12.2 Å². The monoisotopic (exact) mass is 331 g/mol. The van der Waals surface area contributed by atoms with Gasteiger partial charge in [0, 0.05) is 6.54 Å². The van der Waals surface area contributed by atoms with E-state index in [1.807, 2.05) is 6.08 Å². The molecule has 5 heteroatoms. The van der Waals surface area contributed by atoms with Crippen LogP contribution in [-0.4, -0.2) is 35.7 Å².